The van der Waals surface area contributed by atoms with Gasteiger partial charge in [0.2, 0.25) is 10.0 Å². The van der Waals surface area contributed by atoms with E-state index in [1.54, 1.807) is 0 Å². The van der Waals surface area contributed by atoms with Crippen LogP contribution in [-0.2, 0) is 10.0 Å². The summed E-state index contributed by atoms with van der Waals surface area (Å²) in [7, 11) is -3.52. The van der Waals surface area contributed by atoms with E-state index in [0.29, 0.717) is 11.6 Å². The average Bonchev–Trinajstić information content (AvgIpc) is 2.18. The monoisotopic (exact) mass is 276 g/mol. The van der Waals surface area contributed by atoms with E-state index in [9.17, 15) is 8.42 Å². The van der Waals surface area contributed by atoms with Crippen molar-refractivity contribution >= 4 is 27.3 Å². The molecule has 0 aliphatic carbocycles. The summed E-state index contributed by atoms with van der Waals surface area (Å²) in [6, 6.07) is 4.26. The van der Waals surface area contributed by atoms with E-state index in [4.69, 9.17) is 17.3 Å². The van der Waals surface area contributed by atoms with E-state index < -0.39 is 10.0 Å². The Hall–Kier alpha value is -0.780. The van der Waals surface area contributed by atoms with Gasteiger partial charge < -0.3 is 5.73 Å². The molecule has 0 saturated carbocycles. The third-order valence-electron chi connectivity index (χ3n) is 2.07. The predicted molar refractivity (Wildman–Crippen MR) is 70.5 cm³/mol. The molecule has 6 heteroatoms. The summed E-state index contributed by atoms with van der Waals surface area (Å²) in [4.78, 5) is 0.128. The second-order valence-corrected chi connectivity index (χ2v) is 7.24. The van der Waals surface area contributed by atoms with Crippen LogP contribution in [-0.4, -0.2) is 15.0 Å². The van der Waals surface area contributed by atoms with Crippen molar-refractivity contribution in [2.24, 2.45) is 5.41 Å². The first-order valence-electron chi connectivity index (χ1n) is 5.16. The molecule has 0 aliphatic heterocycles. The summed E-state index contributed by atoms with van der Waals surface area (Å²) < 4.78 is 26.4. The minimum atomic E-state index is -3.52. The molecule has 4 nitrogen and oxygen atoms in total. The van der Waals surface area contributed by atoms with Gasteiger partial charge in [0.15, 0.2) is 0 Å². The lowest BCUT2D eigenvalue weighted by Crippen LogP contribution is -2.32. The SMILES string of the molecule is CC(C)(C)CNS(=O)(=O)c1ccc(Cl)c(N)c1. The first-order valence-corrected chi connectivity index (χ1v) is 7.03. The van der Waals surface area contributed by atoms with Gasteiger partial charge in [-0.05, 0) is 23.6 Å². The van der Waals surface area contributed by atoms with Gasteiger partial charge in [0.05, 0.1) is 15.6 Å². The Morgan fingerprint density at radius 1 is 1.35 bits per heavy atom. The molecule has 0 radical (unpaired) electrons. The Labute approximate surface area is 107 Å². The van der Waals surface area contributed by atoms with Gasteiger partial charge >= 0.3 is 0 Å². The van der Waals surface area contributed by atoms with E-state index in [-0.39, 0.29) is 16.0 Å². The highest BCUT2D eigenvalue weighted by Gasteiger charge is 2.18. The molecule has 0 spiro atoms. The maximum atomic E-state index is 11.9. The highest BCUT2D eigenvalue weighted by Crippen LogP contribution is 2.22. The molecule has 0 unspecified atom stereocenters. The van der Waals surface area contributed by atoms with Crippen LogP contribution in [0.3, 0.4) is 0 Å². The molecular weight excluding hydrogens is 260 g/mol. The largest absolute Gasteiger partial charge is 0.397 e. The number of nitrogen functional groups attached to an aromatic ring is 1. The number of nitrogens with two attached hydrogens (primary N) is 1. The number of anilines is 1. The smallest absolute Gasteiger partial charge is 0.240 e. The van der Waals surface area contributed by atoms with Crippen molar-refractivity contribution < 1.29 is 8.42 Å². The normalized spacial score (nSPS) is 12.7. The van der Waals surface area contributed by atoms with Gasteiger partial charge in [-0.3, -0.25) is 0 Å². The van der Waals surface area contributed by atoms with Gasteiger partial charge in [-0.25, -0.2) is 13.1 Å². The number of halogens is 1. The highest BCUT2D eigenvalue weighted by molar-refractivity contribution is 7.89. The first-order chi connectivity index (χ1) is 7.62. The zero-order valence-electron chi connectivity index (χ0n) is 10.1. The van der Waals surface area contributed by atoms with Crippen molar-refractivity contribution in [3.63, 3.8) is 0 Å². The highest BCUT2D eigenvalue weighted by atomic mass is 35.5. The van der Waals surface area contributed by atoms with E-state index >= 15 is 0 Å². The van der Waals surface area contributed by atoms with Crippen LogP contribution in [0.4, 0.5) is 5.69 Å². The molecule has 0 aliphatic rings. The fraction of sp³-hybridized carbons (Fsp3) is 0.455. The topological polar surface area (TPSA) is 72.2 Å². The van der Waals surface area contributed by atoms with Crippen molar-refractivity contribution in [1.82, 2.24) is 4.72 Å². The van der Waals surface area contributed by atoms with Gasteiger partial charge in [0.1, 0.15) is 0 Å². The maximum absolute atomic E-state index is 11.9. The van der Waals surface area contributed by atoms with Crippen molar-refractivity contribution in [1.29, 1.82) is 0 Å². The fourth-order valence-corrected chi connectivity index (χ4v) is 2.52. The third-order valence-corrected chi connectivity index (χ3v) is 3.81. The summed E-state index contributed by atoms with van der Waals surface area (Å²) >= 11 is 5.74. The Morgan fingerprint density at radius 3 is 2.41 bits per heavy atom. The molecule has 0 amide bonds. The number of sulfonamides is 1. The first kappa shape index (κ1) is 14.3. The second kappa shape index (κ2) is 4.84. The zero-order chi connectivity index (χ0) is 13.3. The maximum Gasteiger partial charge on any atom is 0.240 e. The van der Waals surface area contributed by atoms with E-state index in [0.717, 1.165) is 0 Å². The van der Waals surface area contributed by atoms with Crippen LogP contribution in [0.1, 0.15) is 20.8 Å². The zero-order valence-corrected chi connectivity index (χ0v) is 11.7. The number of hydrogen-bond donors (Lipinski definition) is 2. The third kappa shape index (κ3) is 4.18. The van der Waals surface area contributed by atoms with Crippen LogP contribution < -0.4 is 10.5 Å². The van der Waals surface area contributed by atoms with Gasteiger partial charge in [-0.15, -0.1) is 0 Å². The van der Waals surface area contributed by atoms with Crippen LogP contribution in [0, 0.1) is 5.41 Å². The molecule has 0 heterocycles. The lowest BCUT2D eigenvalue weighted by atomic mass is 9.98. The predicted octanol–water partition coefficient (Wildman–Crippen LogP) is 2.25. The fourth-order valence-electron chi connectivity index (χ4n) is 1.08. The van der Waals surface area contributed by atoms with Crippen LogP contribution >= 0.6 is 11.6 Å². The van der Waals surface area contributed by atoms with Gasteiger partial charge in [-0.2, -0.15) is 0 Å². The molecule has 0 atom stereocenters. The van der Waals surface area contributed by atoms with Gasteiger partial charge in [0.25, 0.3) is 0 Å². The van der Waals surface area contributed by atoms with Crippen LogP contribution in [0.15, 0.2) is 23.1 Å². The lowest BCUT2D eigenvalue weighted by Gasteiger charge is -2.18. The molecule has 3 N–H and O–H groups in total. The molecule has 0 bridgehead atoms. The number of hydrogen-bond acceptors (Lipinski definition) is 3. The number of nitrogens with one attached hydrogen (secondary N) is 1. The molecule has 17 heavy (non-hydrogen) atoms. The summed E-state index contributed by atoms with van der Waals surface area (Å²) in [5.74, 6) is 0. The second-order valence-electron chi connectivity index (χ2n) is 5.07. The summed E-state index contributed by atoms with van der Waals surface area (Å²) in [6.45, 7) is 6.21. The van der Waals surface area contributed by atoms with Crippen molar-refractivity contribution in [3.8, 4) is 0 Å². The molecule has 1 aromatic carbocycles. The van der Waals surface area contributed by atoms with Crippen LogP contribution in [0.2, 0.25) is 5.02 Å². The average molecular weight is 277 g/mol. The molecular formula is C11H17ClN2O2S. The van der Waals surface area contributed by atoms with Crippen molar-refractivity contribution in [3.05, 3.63) is 23.2 Å². The van der Waals surface area contributed by atoms with Gasteiger partial charge in [-0.1, -0.05) is 32.4 Å². The number of benzene rings is 1. The van der Waals surface area contributed by atoms with Gasteiger partial charge in [0, 0.05) is 6.54 Å². The Morgan fingerprint density at radius 2 is 1.94 bits per heavy atom. The molecule has 1 rings (SSSR count). The standard InChI is InChI=1S/C11H17ClN2O2S/c1-11(2,3)7-14-17(15,16)8-4-5-9(12)10(13)6-8/h4-6,14H,7,13H2,1-3H3. The van der Waals surface area contributed by atoms with Crippen molar-refractivity contribution in [2.45, 2.75) is 25.7 Å². The van der Waals surface area contributed by atoms with Crippen molar-refractivity contribution in [2.75, 3.05) is 12.3 Å². The number of rotatable bonds is 3. The summed E-state index contributed by atoms with van der Waals surface area (Å²) in [6.07, 6.45) is 0. The van der Waals surface area contributed by atoms with E-state index in [2.05, 4.69) is 4.72 Å². The Bertz CT molecular complexity index is 507. The molecule has 0 fully saturated rings. The summed E-state index contributed by atoms with van der Waals surface area (Å²) in [5.41, 5.74) is 5.71. The molecule has 1 aromatic rings. The van der Waals surface area contributed by atoms with E-state index in [1.165, 1.54) is 18.2 Å². The lowest BCUT2D eigenvalue weighted by molar-refractivity contribution is 0.407. The summed E-state index contributed by atoms with van der Waals surface area (Å²) in [5, 5.41) is 0.347. The van der Waals surface area contributed by atoms with Crippen LogP contribution in [0.25, 0.3) is 0 Å². The molecule has 0 saturated heterocycles. The molecule has 96 valence electrons. The Kier molecular flexibility index (Phi) is 4.06. The quantitative estimate of drug-likeness (QED) is 0.832. The van der Waals surface area contributed by atoms with Crippen LogP contribution in [0.5, 0.6) is 0 Å². The van der Waals surface area contributed by atoms with E-state index in [1.807, 2.05) is 20.8 Å². The Balaban J connectivity index is 2.94. The minimum Gasteiger partial charge on any atom is -0.397 e. The minimum absolute atomic E-state index is 0.120. The molecule has 0 aromatic heterocycles.